The Morgan fingerprint density at radius 2 is 1.73 bits per heavy atom. The van der Waals surface area contributed by atoms with E-state index >= 15 is 0 Å². The molecule has 4 aromatic rings. The van der Waals surface area contributed by atoms with E-state index in [1.54, 1.807) is 60.5 Å². The minimum atomic E-state index is -5.69. The molecule has 192 valence electrons. The summed E-state index contributed by atoms with van der Waals surface area (Å²) in [5, 5.41) is 9.42. The molecule has 0 saturated carbocycles. The van der Waals surface area contributed by atoms with Crippen LogP contribution in [0.2, 0.25) is 0 Å². The number of alkyl halides is 2. The molecule has 0 saturated heterocycles. The maximum atomic E-state index is 14.1. The van der Waals surface area contributed by atoms with E-state index < -0.39 is 24.8 Å². The Labute approximate surface area is 218 Å². The third kappa shape index (κ3) is 5.50. The standard InChI is InChI=1S/C25H20BrF2N2O6P/c1-30(14-15-6-11-20(21(26)12-15)25(27,28)37(33,34)35)24-29-13-22(36-24)17-9-7-16(8-10-17)18-4-2-3-5-19(18)23(31)32/h2-13H,14H2,1H3,(H,31,32)(H2,33,34,35). The second-order valence-corrected chi connectivity index (χ2v) is 10.7. The predicted octanol–water partition coefficient (Wildman–Crippen LogP) is 6.33. The number of benzene rings is 3. The Hall–Kier alpha value is -3.37. The van der Waals surface area contributed by atoms with Gasteiger partial charge in [0.05, 0.1) is 11.8 Å². The lowest BCUT2D eigenvalue weighted by Crippen LogP contribution is -2.18. The number of carbonyl (C=O) groups is 1. The van der Waals surface area contributed by atoms with Gasteiger partial charge in [-0.3, -0.25) is 4.57 Å². The average Bonchev–Trinajstić information content (AvgIpc) is 3.34. The smallest absolute Gasteiger partial charge is 0.399 e. The number of hydrogen-bond donors (Lipinski definition) is 3. The molecule has 1 aromatic heterocycles. The highest BCUT2D eigenvalue weighted by molar-refractivity contribution is 9.10. The van der Waals surface area contributed by atoms with E-state index in [0.29, 0.717) is 16.9 Å². The van der Waals surface area contributed by atoms with Gasteiger partial charge in [-0.05, 0) is 28.8 Å². The summed E-state index contributed by atoms with van der Waals surface area (Å²) in [7, 11) is -4.00. The van der Waals surface area contributed by atoms with E-state index in [1.807, 2.05) is 0 Å². The van der Waals surface area contributed by atoms with Gasteiger partial charge >= 0.3 is 19.2 Å². The van der Waals surface area contributed by atoms with Crippen LogP contribution >= 0.6 is 23.5 Å². The number of anilines is 1. The van der Waals surface area contributed by atoms with Crippen LogP contribution < -0.4 is 4.90 Å². The molecule has 0 atom stereocenters. The van der Waals surface area contributed by atoms with Crippen LogP contribution in [0.4, 0.5) is 14.8 Å². The SMILES string of the molecule is CN(Cc1ccc(C(F)(F)P(=O)(O)O)c(Br)c1)c1ncc(-c2ccc(-c3ccccc3C(=O)O)cc2)o1. The van der Waals surface area contributed by atoms with Crippen LogP contribution in [0, 0.1) is 0 Å². The Balaban J connectivity index is 1.50. The fraction of sp³-hybridized carbons (Fsp3) is 0.120. The molecule has 0 aliphatic carbocycles. The maximum absolute atomic E-state index is 14.1. The van der Waals surface area contributed by atoms with E-state index in [9.17, 15) is 23.2 Å². The van der Waals surface area contributed by atoms with Crippen molar-refractivity contribution in [3.8, 4) is 22.5 Å². The molecule has 1 heterocycles. The molecule has 0 unspecified atom stereocenters. The summed E-state index contributed by atoms with van der Waals surface area (Å²) in [5.41, 5.74) is -2.31. The largest absolute Gasteiger partial charge is 0.478 e. The number of carboxylic acids is 1. The van der Waals surface area contributed by atoms with Crippen molar-refractivity contribution < 1.29 is 37.5 Å². The first-order valence-corrected chi connectivity index (χ1v) is 13.1. The summed E-state index contributed by atoms with van der Waals surface area (Å²) in [6.45, 7) is 0.214. The summed E-state index contributed by atoms with van der Waals surface area (Å²) in [6.07, 6.45) is 1.53. The van der Waals surface area contributed by atoms with E-state index in [2.05, 4.69) is 20.9 Å². The molecule has 0 bridgehead atoms. The van der Waals surface area contributed by atoms with Gasteiger partial charge in [0.1, 0.15) is 0 Å². The highest BCUT2D eigenvalue weighted by Crippen LogP contribution is 2.60. The molecule has 0 amide bonds. The number of aromatic nitrogens is 1. The lowest BCUT2D eigenvalue weighted by molar-refractivity contribution is 0.0557. The second kappa shape index (κ2) is 10.2. The minimum absolute atomic E-state index is 0.135. The van der Waals surface area contributed by atoms with Crippen LogP contribution in [0.5, 0.6) is 0 Å². The highest BCUT2D eigenvalue weighted by atomic mass is 79.9. The van der Waals surface area contributed by atoms with Crippen molar-refractivity contribution in [2.24, 2.45) is 0 Å². The number of halogens is 3. The number of aromatic carboxylic acids is 1. The average molecular weight is 593 g/mol. The lowest BCUT2D eigenvalue weighted by atomic mass is 9.98. The molecule has 12 heteroatoms. The number of hydrogen-bond acceptors (Lipinski definition) is 5. The van der Waals surface area contributed by atoms with E-state index in [4.69, 9.17) is 14.2 Å². The molecule has 3 N–H and O–H groups in total. The minimum Gasteiger partial charge on any atom is -0.478 e. The summed E-state index contributed by atoms with van der Waals surface area (Å²) in [4.78, 5) is 35.4. The van der Waals surface area contributed by atoms with Crippen molar-refractivity contribution >= 4 is 35.5 Å². The summed E-state index contributed by atoms with van der Waals surface area (Å²) < 4.78 is 45.0. The number of nitrogens with zero attached hydrogens (tertiary/aromatic N) is 2. The number of oxazole rings is 1. The zero-order valence-corrected chi connectivity index (χ0v) is 21.7. The Morgan fingerprint density at radius 1 is 1.08 bits per heavy atom. The van der Waals surface area contributed by atoms with Crippen LogP contribution in [-0.2, 0) is 16.8 Å². The van der Waals surface area contributed by atoms with Gasteiger partial charge in [0, 0.05) is 29.2 Å². The van der Waals surface area contributed by atoms with E-state index in [0.717, 1.165) is 17.2 Å². The van der Waals surface area contributed by atoms with Crippen molar-refractivity contribution in [1.82, 2.24) is 4.98 Å². The first-order valence-electron chi connectivity index (χ1n) is 10.7. The van der Waals surface area contributed by atoms with Crippen molar-refractivity contribution in [3.63, 3.8) is 0 Å². The lowest BCUT2D eigenvalue weighted by Gasteiger charge is -2.20. The fourth-order valence-corrected chi connectivity index (χ4v) is 5.05. The van der Waals surface area contributed by atoms with Crippen LogP contribution in [0.3, 0.4) is 0 Å². The van der Waals surface area contributed by atoms with Crippen LogP contribution in [-0.4, -0.2) is 32.9 Å². The van der Waals surface area contributed by atoms with Crippen LogP contribution in [0.25, 0.3) is 22.5 Å². The van der Waals surface area contributed by atoms with Gasteiger partial charge in [-0.1, -0.05) is 70.5 Å². The van der Waals surface area contributed by atoms with Crippen molar-refractivity contribution in [3.05, 3.63) is 94.1 Å². The third-order valence-electron chi connectivity index (χ3n) is 5.60. The molecule has 0 aliphatic heterocycles. The van der Waals surface area contributed by atoms with Crippen molar-refractivity contribution in [2.75, 3.05) is 11.9 Å². The predicted molar refractivity (Wildman–Crippen MR) is 137 cm³/mol. The zero-order chi connectivity index (χ0) is 27.0. The Kier molecular flexibility index (Phi) is 7.34. The summed E-state index contributed by atoms with van der Waals surface area (Å²) >= 11 is 2.98. The number of rotatable bonds is 8. The van der Waals surface area contributed by atoms with Gasteiger partial charge in [-0.25, -0.2) is 9.78 Å². The van der Waals surface area contributed by atoms with Gasteiger partial charge in [0.25, 0.3) is 6.01 Å². The topological polar surface area (TPSA) is 124 Å². The van der Waals surface area contributed by atoms with Crippen LogP contribution in [0.15, 0.2) is 81.8 Å². The Bertz CT molecular complexity index is 1500. The van der Waals surface area contributed by atoms with Gasteiger partial charge < -0.3 is 24.2 Å². The molecule has 3 aromatic carbocycles. The van der Waals surface area contributed by atoms with Gasteiger partial charge in [0.2, 0.25) is 0 Å². The van der Waals surface area contributed by atoms with Crippen LogP contribution in [0.1, 0.15) is 21.5 Å². The summed E-state index contributed by atoms with van der Waals surface area (Å²) in [5.74, 6) is -0.544. The van der Waals surface area contributed by atoms with Gasteiger partial charge in [-0.15, -0.1) is 0 Å². The molecule has 0 spiro atoms. The molecule has 0 fully saturated rings. The van der Waals surface area contributed by atoms with E-state index in [1.165, 1.54) is 18.3 Å². The molecule has 0 aliphatic rings. The first-order chi connectivity index (χ1) is 17.4. The summed E-state index contributed by atoms with van der Waals surface area (Å²) in [6, 6.07) is 17.8. The van der Waals surface area contributed by atoms with Crippen molar-refractivity contribution in [2.45, 2.75) is 12.2 Å². The van der Waals surface area contributed by atoms with Gasteiger partial charge in [0.15, 0.2) is 5.76 Å². The molecule has 8 nitrogen and oxygen atoms in total. The maximum Gasteiger partial charge on any atom is 0.399 e. The molecular weight excluding hydrogens is 573 g/mol. The zero-order valence-electron chi connectivity index (χ0n) is 19.2. The second-order valence-electron chi connectivity index (χ2n) is 8.19. The van der Waals surface area contributed by atoms with E-state index in [-0.39, 0.29) is 22.6 Å². The fourth-order valence-electron chi connectivity index (χ4n) is 3.71. The molecular formula is C25H20BrF2N2O6P. The number of carboxylic acid groups (broad SMARTS) is 1. The van der Waals surface area contributed by atoms with Gasteiger partial charge in [-0.2, -0.15) is 8.78 Å². The monoisotopic (exact) mass is 592 g/mol. The normalized spacial score (nSPS) is 11.9. The highest BCUT2D eigenvalue weighted by Gasteiger charge is 2.51. The Morgan fingerprint density at radius 3 is 2.35 bits per heavy atom. The van der Waals surface area contributed by atoms with Crippen molar-refractivity contribution in [1.29, 1.82) is 0 Å². The first kappa shape index (κ1) is 26.7. The quantitative estimate of drug-likeness (QED) is 0.203. The molecule has 0 radical (unpaired) electrons. The third-order valence-corrected chi connectivity index (χ3v) is 7.23. The molecule has 4 rings (SSSR count). The molecule has 37 heavy (non-hydrogen) atoms.